The number of hydrogen-bond donors (Lipinski definition) is 2. The smallest absolute Gasteiger partial charge is 0.290 e. The fraction of sp³-hybridized carbons (Fsp3) is 0.571. The first-order chi connectivity index (χ1) is 14.2. The van der Waals surface area contributed by atoms with Crippen molar-refractivity contribution in [3.05, 3.63) is 28.8 Å². The zero-order valence-corrected chi connectivity index (χ0v) is 18.6. The summed E-state index contributed by atoms with van der Waals surface area (Å²) in [4.78, 5) is 36.9. The van der Waals surface area contributed by atoms with Crippen molar-refractivity contribution in [1.29, 1.82) is 0 Å². The summed E-state index contributed by atoms with van der Waals surface area (Å²) in [5, 5.41) is 10.0. The zero-order chi connectivity index (χ0) is 22.4. The predicted octanol–water partition coefficient (Wildman–Crippen LogP) is 2.43. The Morgan fingerprint density at radius 1 is 1.27 bits per heavy atom. The minimum atomic E-state index is -0.250. The highest BCUT2D eigenvalue weighted by molar-refractivity contribution is 6.34. The molecule has 1 aliphatic heterocycles. The second-order valence-corrected chi connectivity index (χ2v) is 8.40. The van der Waals surface area contributed by atoms with Gasteiger partial charge >= 0.3 is 0 Å². The Morgan fingerprint density at radius 2 is 1.87 bits per heavy atom. The van der Waals surface area contributed by atoms with E-state index in [0.717, 1.165) is 25.9 Å². The number of nitrogens with zero attached hydrogens (tertiary/aromatic N) is 2. The van der Waals surface area contributed by atoms with Crippen molar-refractivity contribution in [1.82, 2.24) is 9.80 Å². The number of likely N-dealkylation sites (tertiary alicyclic amines) is 1. The number of carbonyl (C=O) groups is 3. The van der Waals surface area contributed by atoms with Gasteiger partial charge in [-0.3, -0.25) is 14.4 Å². The molecule has 0 spiro atoms. The maximum absolute atomic E-state index is 13.1. The molecular formula is C21H30ClN3O5. The molecule has 0 unspecified atom stereocenters. The van der Waals surface area contributed by atoms with Crippen LogP contribution in [0.1, 0.15) is 30.1 Å². The van der Waals surface area contributed by atoms with Crippen LogP contribution in [0.3, 0.4) is 0 Å². The summed E-state index contributed by atoms with van der Waals surface area (Å²) in [5.41, 5.74) is 1.02. The van der Waals surface area contributed by atoms with Gasteiger partial charge in [0.1, 0.15) is 0 Å². The Labute approximate surface area is 182 Å². The SMILES string of the molecule is CO[C@@H]1C[C@H]2CN(C(=O)c3cc(NC(C)=O)ccc3Cl)C[C@H]2C[C@H]1N(C)C.O=CO. The molecule has 8 nitrogen and oxygen atoms in total. The number of nitrogens with one attached hydrogen (secondary N) is 1. The molecule has 166 valence electrons. The predicted molar refractivity (Wildman–Crippen MR) is 115 cm³/mol. The number of anilines is 1. The van der Waals surface area contributed by atoms with Crippen LogP contribution in [0.4, 0.5) is 5.69 Å². The second kappa shape index (κ2) is 10.7. The third-order valence-corrected chi connectivity index (χ3v) is 6.18. The highest BCUT2D eigenvalue weighted by Gasteiger charge is 2.44. The average molecular weight is 440 g/mol. The van der Waals surface area contributed by atoms with Crippen LogP contribution in [-0.2, 0) is 14.3 Å². The van der Waals surface area contributed by atoms with E-state index < -0.39 is 0 Å². The van der Waals surface area contributed by atoms with E-state index in [4.69, 9.17) is 26.2 Å². The topological polar surface area (TPSA) is 99.2 Å². The van der Waals surface area contributed by atoms with Crippen LogP contribution in [0.25, 0.3) is 0 Å². The van der Waals surface area contributed by atoms with Gasteiger partial charge in [-0.2, -0.15) is 0 Å². The molecular weight excluding hydrogens is 410 g/mol. The third kappa shape index (κ3) is 5.71. The van der Waals surface area contributed by atoms with Crippen LogP contribution in [0.5, 0.6) is 0 Å². The van der Waals surface area contributed by atoms with Crippen molar-refractivity contribution >= 4 is 35.6 Å². The minimum absolute atomic E-state index is 0.0722. The number of carboxylic acid groups (broad SMARTS) is 1. The van der Waals surface area contributed by atoms with Crippen LogP contribution >= 0.6 is 11.6 Å². The molecule has 0 bridgehead atoms. The first-order valence-corrected chi connectivity index (χ1v) is 10.2. The molecule has 2 amide bonds. The van der Waals surface area contributed by atoms with Gasteiger partial charge in [0.15, 0.2) is 0 Å². The molecule has 1 saturated carbocycles. The summed E-state index contributed by atoms with van der Waals surface area (Å²) in [7, 11) is 5.94. The van der Waals surface area contributed by atoms with Gasteiger partial charge in [0.25, 0.3) is 12.4 Å². The number of fused-ring (bicyclic) bond motifs is 1. The Hall–Kier alpha value is -2.16. The standard InChI is InChI=1S/C20H28ClN3O3.CH2O2/c1-12(25)22-15-5-6-17(21)16(9-15)20(26)24-10-13-7-18(23(2)3)19(27-4)8-14(13)11-24;2-1-3/h5-6,9,13-14,18-19H,7-8,10-11H2,1-4H3,(H,22,25);1H,(H,2,3)/t13-,14+,18-,19-;/m1./s1. The van der Waals surface area contributed by atoms with Gasteiger partial charge < -0.3 is 25.0 Å². The van der Waals surface area contributed by atoms with Crippen LogP contribution in [0.15, 0.2) is 18.2 Å². The second-order valence-electron chi connectivity index (χ2n) is 7.99. The van der Waals surface area contributed by atoms with E-state index in [2.05, 4.69) is 24.3 Å². The summed E-state index contributed by atoms with van der Waals surface area (Å²) in [5.74, 6) is 0.678. The molecule has 0 radical (unpaired) electrons. The Kier molecular flexibility index (Phi) is 8.64. The number of likely N-dealkylation sites (N-methyl/N-ethyl adjacent to an activating group) is 1. The van der Waals surface area contributed by atoms with Gasteiger partial charge in [-0.25, -0.2) is 0 Å². The quantitative estimate of drug-likeness (QED) is 0.699. The highest BCUT2D eigenvalue weighted by Crippen LogP contribution is 2.39. The lowest BCUT2D eigenvalue weighted by Gasteiger charge is -2.40. The van der Waals surface area contributed by atoms with Crippen LogP contribution < -0.4 is 5.32 Å². The highest BCUT2D eigenvalue weighted by atomic mass is 35.5. The molecule has 1 aromatic rings. The lowest BCUT2D eigenvalue weighted by Crippen LogP contribution is -2.47. The molecule has 2 fully saturated rings. The normalized spacial score (nSPS) is 25.2. The molecule has 4 atom stereocenters. The van der Waals surface area contributed by atoms with E-state index >= 15 is 0 Å². The monoisotopic (exact) mass is 439 g/mol. The van der Waals surface area contributed by atoms with Gasteiger partial charge in [0, 0.05) is 38.9 Å². The minimum Gasteiger partial charge on any atom is -0.483 e. The molecule has 3 rings (SSSR count). The Bertz CT molecular complexity index is 773. The largest absolute Gasteiger partial charge is 0.483 e. The fourth-order valence-electron chi connectivity index (χ4n) is 4.49. The number of amides is 2. The summed E-state index contributed by atoms with van der Waals surface area (Å²) >= 11 is 6.28. The first-order valence-electron chi connectivity index (χ1n) is 9.85. The fourth-order valence-corrected chi connectivity index (χ4v) is 4.69. The van der Waals surface area contributed by atoms with Crippen LogP contribution in [0.2, 0.25) is 5.02 Å². The number of ether oxygens (including phenoxy) is 1. The van der Waals surface area contributed by atoms with Crippen LogP contribution in [-0.4, -0.2) is 79.6 Å². The number of carbonyl (C=O) groups excluding carboxylic acids is 2. The summed E-state index contributed by atoms with van der Waals surface area (Å²) in [6, 6.07) is 5.40. The van der Waals surface area contributed by atoms with Crippen molar-refractivity contribution in [2.45, 2.75) is 31.9 Å². The Morgan fingerprint density at radius 3 is 2.40 bits per heavy atom. The number of halogens is 1. The Balaban J connectivity index is 0.00000101. The van der Waals surface area contributed by atoms with Crippen molar-refractivity contribution in [2.24, 2.45) is 11.8 Å². The van der Waals surface area contributed by atoms with E-state index in [1.165, 1.54) is 6.92 Å². The molecule has 1 aromatic carbocycles. The molecule has 30 heavy (non-hydrogen) atoms. The lowest BCUT2D eigenvalue weighted by atomic mass is 9.77. The van der Waals surface area contributed by atoms with Crippen molar-refractivity contribution in [3.63, 3.8) is 0 Å². The van der Waals surface area contributed by atoms with Gasteiger partial charge in [0.05, 0.1) is 16.7 Å². The van der Waals surface area contributed by atoms with Crippen molar-refractivity contribution < 1.29 is 24.2 Å². The molecule has 2 N–H and O–H groups in total. The van der Waals surface area contributed by atoms with Crippen molar-refractivity contribution in [2.75, 3.05) is 39.6 Å². The van der Waals surface area contributed by atoms with Gasteiger partial charge in [-0.1, -0.05) is 11.6 Å². The maximum Gasteiger partial charge on any atom is 0.290 e. The summed E-state index contributed by atoms with van der Waals surface area (Å²) in [6.45, 7) is 2.66. The van der Waals surface area contributed by atoms with E-state index in [9.17, 15) is 9.59 Å². The first kappa shape index (κ1) is 24.1. The van der Waals surface area contributed by atoms with E-state index in [0.29, 0.717) is 34.2 Å². The van der Waals surface area contributed by atoms with Crippen LogP contribution in [0, 0.1) is 11.8 Å². The van der Waals surface area contributed by atoms with Crippen molar-refractivity contribution in [3.8, 4) is 0 Å². The van der Waals surface area contributed by atoms with E-state index in [-0.39, 0.29) is 24.4 Å². The summed E-state index contributed by atoms with van der Waals surface area (Å²) in [6.07, 6.45) is 2.19. The zero-order valence-electron chi connectivity index (χ0n) is 17.8. The van der Waals surface area contributed by atoms with E-state index in [1.807, 2.05) is 4.90 Å². The number of methoxy groups -OCH3 is 1. The van der Waals surface area contributed by atoms with Gasteiger partial charge in [0.2, 0.25) is 5.91 Å². The molecule has 1 saturated heterocycles. The molecule has 2 aliphatic rings. The van der Waals surface area contributed by atoms with Gasteiger partial charge in [-0.05, 0) is 57.0 Å². The maximum atomic E-state index is 13.1. The number of benzene rings is 1. The molecule has 1 aliphatic carbocycles. The average Bonchev–Trinajstić information content (AvgIpc) is 3.11. The third-order valence-electron chi connectivity index (χ3n) is 5.86. The molecule has 1 heterocycles. The molecule has 9 heteroatoms. The lowest BCUT2D eigenvalue weighted by molar-refractivity contribution is -0.123. The number of rotatable bonds is 4. The van der Waals surface area contributed by atoms with Gasteiger partial charge in [-0.15, -0.1) is 0 Å². The van der Waals surface area contributed by atoms with E-state index in [1.54, 1.807) is 25.3 Å². The molecule has 0 aromatic heterocycles. The summed E-state index contributed by atoms with van der Waals surface area (Å²) < 4.78 is 5.72. The number of hydrogen-bond acceptors (Lipinski definition) is 5.